The zero-order valence-electron chi connectivity index (χ0n) is 11.6. The van der Waals surface area contributed by atoms with E-state index in [0.717, 1.165) is 25.2 Å². The maximum atomic E-state index is 11.4. The topological polar surface area (TPSA) is 93.4 Å². The van der Waals surface area contributed by atoms with Crippen LogP contribution in [0.3, 0.4) is 0 Å². The highest BCUT2D eigenvalue weighted by Crippen LogP contribution is 2.32. The number of aryl methyl sites for hydroxylation is 1. The predicted molar refractivity (Wildman–Crippen MR) is 73.0 cm³/mol. The van der Waals surface area contributed by atoms with Gasteiger partial charge >= 0.3 is 6.09 Å². The van der Waals surface area contributed by atoms with Crippen molar-refractivity contribution in [2.45, 2.75) is 25.4 Å². The summed E-state index contributed by atoms with van der Waals surface area (Å²) in [6, 6.07) is 0. The molecule has 1 amide bonds. The summed E-state index contributed by atoms with van der Waals surface area (Å²) >= 11 is 0. The van der Waals surface area contributed by atoms with Crippen LogP contribution >= 0.6 is 0 Å². The van der Waals surface area contributed by atoms with Crippen molar-refractivity contribution in [3.05, 3.63) is 12.2 Å². The Balaban J connectivity index is 1.70. The van der Waals surface area contributed by atoms with Crippen molar-refractivity contribution >= 4 is 23.1 Å². The number of nitrogens with zero attached hydrogens (tertiary/aromatic N) is 4. The Bertz CT molecular complexity index is 715. The average Bonchev–Trinajstić information content (AvgIpc) is 3.01. The lowest BCUT2D eigenvalue weighted by molar-refractivity contribution is 0.0446. The third-order valence-electron chi connectivity index (χ3n) is 3.99. The molecule has 110 valence electrons. The fraction of sp³-hybridized carbons (Fsp3) is 0.538. The standard InChI is InChI=1S/C13H15N5O3/c1-8-17-9-10(15-7-16-11(9)20-8)18-4-2-3-13(6-18)5-14-12(19)21-13/h7H,2-6H2,1H3,(H,14,19). The van der Waals surface area contributed by atoms with Gasteiger partial charge < -0.3 is 19.4 Å². The van der Waals surface area contributed by atoms with Gasteiger partial charge in [-0.05, 0) is 12.8 Å². The van der Waals surface area contributed by atoms with Crippen LogP contribution in [0.4, 0.5) is 10.6 Å². The molecule has 1 N–H and O–H groups in total. The molecule has 2 aliphatic heterocycles. The number of aromatic nitrogens is 3. The van der Waals surface area contributed by atoms with Gasteiger partial charge in [0.15, 0.2) is 17.2 Å². The minimum absolute atomic E-state index is 0.345. The number of piperidine rings is 1. The number of fused-ring (bicyclic) bond motifs is 1. The fourth-order valence-corrected chi connectivity index (χ4v) is 3.09. The van der Waals surface area contributed by atoms with E-state index >= 15 is 0 Å². The van der Waals surface area contributed by atoms with Crippen LogP contribution in [0, 0.1) is 6.92 Å². The molecule has 4 rings (SSSR count). The first-order chi connectivity index (χ1) is 10.2. The van der Waals surface area contributed by atoms with Crippen LogP contribution < -0.4 is 10.2 Å². The summed E-state index contributed by atoms with van der Waals surface area (Å²) in [4.78, 5) is 26.3. The molecule has 2 aromatic heterocycles. The van der Waals surface area contributed by atoms with Crippen LogP contribution in [0.25, 0.3) is 11.2 Å². The van der Waals surface area contributed by atoms with Gasteiger partial charge in [0.2, 0.25) is 0 Å². The monoisotopic (exact) mass is 289 g/mol. The van der Waals surface area contributed by atoms with E-state index in [-0.39, 0.29) is 6.09 Å². The number of hydrogen-bond donors (Lipinski definition) is 1. The third kappa shape index (κ3) is 1.98. The van der Waals surface area contributed by atoms with Crippen molar-refractivity contribution in [3.8, 4) is 0 Å². The molecule has 0 aliphatic carbocycles. The van der Waals surface area contributed by atoms with Gasteiger partial charge in [-0.1, -0.05) is 0 Å². The van der Waals surface area contributed by atoms with Gasteiger partial charge in [0, 0.05) is 13.5 Å². The normalized spacial score (nSPS) is 25.4. The Morgan fingerprint density at radius 3 is 3.14 bits per heavy atom. The molecule has 21 heavy (non-hydrogen) atoms. The van der Waals surface area contributed by atoms with Crippen LogP contribution in [0.5, 0.6) is 0 Å². The van der Waals surface area contributed by atoms with E-state index in [1.165, 1.54) is 6.33 Å². The van der Waals surface area contributed by atoms with Gasteiger partial charge in [-0.3, -0.25) is 0 Å². The number of hydrogen-bond acceptors (Lipinski definition) is 7. The van der Waals surface area contributed by atoms with Crippen LogP contribution in [0.15, 0.2) is 10.7 Å². The Labute approximate surface area is 120 Å². The lowest BCUT2D eigenvalue weighted by atomic mass is 9.93. The second-order valence-electron chi connectivity index (χ2n) is 5.54. The molecular weight excluding hydrogens is 274 g/mol. The summed E-state index contributed by atoms with van der Waals surface area (Å²) in [5.74, 6) is 1.30. The summed E-state index contributed by atoms with van der Waals surface area (Å²) in [7, 11) is 0. The van der Waals surface area contributed by atoms with Gasteiger partial charge in [0.25, 0.3) is 5.71 Å². The molecule has 1 spiro atoms. The van der Waals surface area contributed by atoms with Crippen molar-refractivity contribution in [1.82, 2.24) is 20.3 Å². The zero-order valence-corrected chi connectivity index (χ0v) is 11.6. The van der Waals surface area contributed by atoms with Crippen LogP contribution in [-0.2, 0) is 4.74 Å². The van der Waals surface area contributed by atoms with Crippen LogP contribution in [0.2, 0.25) is 0 Å². The van der Waals surface area contributed by atoms with Crippen molar-refractivity contribution < 1.29 is 13.9 Å². The predicted octanol–water partition coefficient (Wildman–Crippen LogP) is 1.01. The lowest BCUT2D eigenvalue weighted by Crippen LogP contribution is -2.50. The van der Waals surface area contributed by atoms with Crippen molar-refractivity contribution in [3.63, 3.8) is 0 Å². The average molecular weight is 289 g/mol. The minimum atomic E-state index is -0.467. The van der Waals surface area contributed by atoms with E-state index in [0.29, 0.717) is 30.2 Å². The molecule has 8 heteroatoms. The first-order valence-corrected chi connectivity index (χ1v) is 6.95. The largest absolute Gasteiger partial charge is 0.439 e. The van der Waals surface area contributed by atoms with E-state index in [1.54, 1.807) is 6.92 Å². The smallest absolute Gasteiger partial charge is 0.407 e. The SMILES string of the molecule is Cc1nc2c(N3CCCC4(CNC(=O)O4)C3)ncnc2o1. The van der Waals surface area contributed by atoms with Crippen LogP contribution in [0.1, 0.15) is 18.7 Å². The van der Waals surface area contributed by atoms with E-state index in [4.69, 9.17) is 9.15 Å². The molecule has 2 fully saturated rings. The summed E-state index contributed by atoms with van der Waals surface area (Å²) in [6.07, 6.45) is 2.91. The van der Waals surface area contributed by atoms with E-state index in [2.05, 4.69) is 25.2 Å². The molecule has 2 aromatic rings. The maximum Gasteiger partial charge on any atom is 0.407 e. The summed E-state index contributed by atoms with van der Waals surface area (Å²) < 4.78 is 10.9. The number of alkyl carbamates (subject to hydrolysis) is 1. The number of amides is 1. The Morgan fingerprint density at radius 1 is 1.43 bits per heavy atom. The Morgan fingerprint density at radius 2 is 2.33 bits per heavy atom. The second-order valence-corrected chi connectivity index (χ2v) is 5.54. The zero-order chi connectivity index (χ0) is 14.4. The molecule has 2 saturated heterocycles. The van der Waals surface area contributed by atoms with Gasteiger partial charge in [-0.2, -0.15) is 4.98 Å². The van der Waals surface area contributed by atoms with Crippen molar-refractivity contribution in [1.29, 1.82) is 0 Å². The number of ether oxygens (including phenoxy) is 1. The van der Waals surface area contributed by atoms with Gasteiger partial charge in [0.05, 0.1) is 13.1 Å². The number of carbonyl (C=O) groups is 1. The summed E-state index contributed by atoms with van der Waals surface area (Å²) in [5, 5.41) is 2.74. The first kappa shape index (κ1) is 12.4. The van der Waals surface area contributed by atoms with E-state index in [1.807, 2.05) is 0 Å². The highest BCUT2D eigenvalue weighted by Gasteiger charge is 2.44. The Kier molecular flexibility index (Phi) is 2.54. The molecular formula is C13H15N5O3. The highest BCUT2D eigenvalue weighted by molar-refractivity contribution is 5.81. The molecule has 8 nitrogen and oxygen atoms in total. The van der Waals surface area contributed by atoms with E-state index in [9.17, 15) is 4.79 Å². The minimum Gasteiger partial charge on any atom is -0.439 e. The quantitative estimate of drug-likeness (QED) is 0.837. The first-order valence-electron chi connectivity index (χ1n) is 6.95. The molecule has 1 unspecified atom stereocenters. The summed E-state index contributed by atoms with van der Waals surface area (Å²) in [5.41, 5.74) is 0.675. The summed E-state index contributed by atoms with van der Waals surface area (Å²) in [6.45, 7) is 3.77. The number of carbonyl (C=O) groups excluding carboxylic acids is 1. The third-order valence-corrected chi connectivity index (χ3v) is 3.99. The van der Waals surface area contributed by atoms with Crippen molar-refractivity contribution in [2.24, 2.45) is 0 Å². The Hall–Kier alpha value is -2.38. The molecule has 0 saturated carbocycles. The molecule has 0 bridgehead atoms. The number of anilines is 1. The molecule has 0 aromatic carbocycles. The maximum absolute atomic E-state index is 11.4. The number of rotatable bonds is 1. The van der Waals surface area contributed by atoms with Crippen LogP contribution in [-0.4, -0.2) is 46.3 Å². The number of oxazole rings is 1. The van der Waals surface area contributed by atoms with Gasteiger partial charge in [-0.15, -0.1) is 0 Å². The molecule has 2 aliphatic rings. The van der Waals surface area contributed by atoms with Crippen molar-refractivity contribution in [2.75, 3.05) is 24.5 Å². The highest BCUT2D eigenvalue weighted by atomic mass is 16.6. The molecule has 1 atom stereocenters. The number of nitrogens with one attached hydrogen (secondary N) is 1. The fourth-order valence-electron chi connectivity index (χ4n) is 3.09. The lowest BCUT2D eigenvalue weighted by Gasteiger charge is -2.38. The van der Waals surface area contributed by atoms with Gasteiger partial charge in [-0.25, -0.2) is 14.8 Å². The van der Waals surface area contributed by atoms with Gasteiger partial charge in [0.1, 0.15) is 11.9 Å². The van der Waals surface area contributed by atoms with E-state index < -0.39 is 5.60 Å². The second kappa shape index (κ2) is 4.31. The molecule has 4 heterocycles. The molecule has 0 radical (unpaired) electrons.